The number of carbonyl (C=O) groups excluding carboxylic acids is 1. The van der Waals surface area contributed by atoms with Gasteiger partial charge in [-0.05, 0) is 25.0 Å². The van der Waals surface area contributed by atoms with Gasteiger partial charge in [-0.15, -0.1) is 0 Å². The Balaban J connectivity index is 1.96. The molecular formula is C17H26N2O3. The number of methoxy groups -OCH3 is 1. The van der Waals surface area contributed by atoms with Gasteiger partial charge in [0.25, 0.3) is 0 Å². The molecule has 2 atom stereocenters. The summed E-state index contributed by atoms with van der Waals surface area (Å²) in [4.78, 5) is 14.3. The van der Waals surface area contributed by atoms with Crippen molar-refractivity contribution in [3.8, 4) is 0 Å². The van der Waals surface area contributed by atoms with Crippen LogP contribution >= 0.6 is 0 Å². The van der Waals surface area contributed by atoms with Gasteiger partial charge in [-0.2, -0.15) is 0 Å². The molecule has 0 saturated carbocycles. The van der Waals surface area contributed by atoms with Crippen LogP contribution in [0, 0.1) is 6.92 Å². The van der Waals surface area contributed by atoms with Gasteiger partial charge in [0.05, 0.1) is 32.3 Å². The molecule has 5 nitrogen and oxygen atoms in total. The third kappa shape index (κ3) is 4.29. The van der Waals surface area contributed by atoms with Crippen LogP contribution in [0.25, 0.3) is 0 Å². The lowest BCUT2D eigenvalue weighted by atomic mass is 10.0. The highest BCUT2D eigenvalue weighted by Gasteiger charge is 2.30. The maximum atomic E-state index is 12.4. The van der Waals surface area contributed by atoms with Crippen molar-refractivity contribution in [2.75, 3.05) is 40.0 Å². The van der Waals surface area contributed by atoms with Gasteiger partial charge in [-0.3, -0.25) is 4.79 Å². The van der Waals surface area contributed by atoms with Gasteiger partial charge in [0, 0.05) is 13.7 Å². The second-order valence-electron chi connectivity index (χ2n) is 5.74. The maximum Gasteiger partial charge on any atom is 0.236 e. The summed E-state index contributed by atoms with van der Waals surface area (Å²) in [6.07, 6.45) is -0.0414. The van der Waals surface area contributed by atoms with Crippen molar-refractivity contribution in [2.24, 2.45) is 0 Å². The molecule has 0 aromatic heterocycles. The maximum absolute atomic E-state index is 12.4. The van der Waals surface area contributed by atoms with Crippen LogP contribution in [-0.2, 0) is 14.3 Å². The molecule has 1 aliphatic rings. The zero-order valence-electron chi connectivity index (χ0n) is 13.7. The first kappa shape index (κ1) is 16.9. The van der Waals surface area contributed by atoms with E-state index in [-0.39, 0.29) is 18.1 Å². The number of nitrogens with one attached hydrogen (secondary N) is 1. The van der Waals surface area contributed by atoms with Gasteiger partial charge >= 0.3 is 0 Å². The number of carbonyl (C=O) groups is 1. The molecule has 1 aromatic rings. The topological polar surface area (TPSA) is 50.8 Å². The summed E-state index contributed by atoms with van der Waals surface area (Å²) in [5, 5.41) is 3.11. The lowest BCUT2D eigenvalue weighted by molar-refractivity contribution is -0.143. The van der Waals surface area contributed by atoms with Crippen LogP contribution in [0.4, 0.5) is 0 Å². The van der Waals surface area contributed by atoms with Crippen molar-refractivity contribution in [3.05, 3.63) is 35.4 Å². The van der Waals surface area contributed by atoms with Gasteiger partial charge in [-0.25, -0.2) is 0 Å². The zero-order chi connectivity index (χ0) is 15.9. The number of hydrogen-bond donors (Lipinski definition) is 1. The van der Waals surface area contributed by atoms with E-state index in [1.54, 1.807) is 7.11 Å². The monoisotopic (exact) mass is 306 g/mol. The van der Waals surface area contributed by atoms with Gasteiger partial charge < -0.3 is 19.7 Å². The van der Waals surface area contributed by atoms with E-state index in [2.05, 4.69) is 24.4 Å². The van der Waals surface area contributed by atoms with Gasteiger partial charge in [0.1, 0.15) is 6.10 Å². The van der Waals surface area contributed by atoms with E-state index in [0.717, 1.165) is 0 Å². The van der Waals surface area contributed by atoms with Crippen LogP contribution in [0.2, 0.25) is 0 Å². The molecule has 0 unspecified atom stereocenters. The molecule has 0 aliphatic carbocycles. The smallest absolute Gasteiger partial charge is 0.236 e. The van der Waals surface area contributed by atoms with E-state index < -0.39 is 0 Å². The fourth-order valence-electron chi connectivity index (χ4n) is 2.71. The Labute approximate surface area is 132 Å². The average Bonchev–Trinajstić information content (AvgIpc) is 2.52. The number of hydrogen-bond acceptors (Lipinski definition) is 4. The first-order chi connectivity index (χ1) is 10.6. The Morgan fingerprint density at radius 3 is 2.95 bits per heavy atom. The van der Waals surface area contributed by atoms with Crippen LogP contribution in [0.15, 0.2) is 24.3 Å². The van der Waals surface area contributed by atoms with Gasteiger partial charge in [0.2, 0.25) is 5.91 Å². The molecule has 22 heavy (non-hydrogen) atoms. The van der Waals surface area contributed by atoms with Crippen molar-refractivity contribution in [2.45, 2.75) is 26.0 Å². The lowest BCUT2D eigenvalue weighted by Crippen LogP contribution is -2.51. The summed E-state index contributed by atoms with van der Waals surface area (Å²) in [5.74, 6) is 0.116. The Morgan fingerprint density at radius 2 is 2.23 bits per heavy atom. The Hall–Kier alpha value is -1.43. The fraction of sp³-hybridized carbons (Fsp3) is 0.588. The zero-order valence-corrected chi connectivity index (χ0v) is 13.7. The van der Waals surface area contributed by atoms with Gasteiger partial charge in [-0.1, -0.05) is 24.3 Å². The van der Waals surface area contributed by atoms with Crippen LogP contribution in [-0.4, -0.2) is 56.8 Å². The van der Waals surface area contributed by atoms with E-state index in [4.69, 9.17) is 9.47 Å². The SMILES string of the molecule is COCCNCC(=O)N1C[C@H](c2ccccc2C)OC[C@@H]1C. The average molecular weight is 306 g/mol. The van der Waals surface area contributed by atoms with E-state index in [1.807, 2.05) is 24.0 Å². The summed E-state index contributed by atoms with van der Waals surface area (Å²) in [7, 11) is 1.65. The van der Waals surface area contributed by atoms with E-state index >= 15 is 0 Å². The highest BCUT2D eigenvalue weighted by atomic mass is 16.5. The van der Waals surface area contributed by atoms with Crippen LogP contribution < -0.4 is 5.32 Å². The Kier molecular flexibility index (Phi) is 6.36. The second-order valence-corrected chi connectivity index (χ2v) is 5.74. The number of ether oxygens (including phenoxy) is 2. The molecule has 1 heterocycles. The molecule has 5 heteroatoms. The first-order valence-electron chi connectivity index (χ1n) is 7.79. The highest BCUT2D eigenvalue weighted by molar-refractivity contribution is 5.78. The van der Waals surface area contributed by atoms with Crippen molar-refractivity contribution < 1.29 is 14.3 Å². The summed E-state index contributed by atoms with van der Waals surface area (Å²) < 4.78 is 10.9. The fourth-order valence-corrected chi connectivity index (χ4v) is 2.71. The molecular weight excluding hydrogens is 280 g/mol. The van der Waals surface area contributed by atoms with E-state index in [0.29, 0.717) is 32.8 Å². The number of amides is 1. The Bertz CT molecular complexity index is 493. The van der Waals surface area contributed by atoms with Crippen LogP contribution in [0.3, 0.4) is 0 Å². The minimum absolute atomic E-state index is 0.0414. The van der Waals surface area contributed by atoms with Gasteiger partial charge in [0.15, 0.2) is 0 Å². The number of aryl methyl sites for hydroxylation is 1. The standard InChI is InChI=1S/C17H26N2O3/c1-13-6-4-5-7-15(13)16-11-19(14(2)12-22-16)17(20)10-18-8-9-21-3/h4-7,14,16,18H,8-12H2,1-3H3/t14-,16+/m0/s1. The summed E-state index contributed by atoms with van der Waals surface area (Å²) in [5.41, 5.74) is 2.37. The third-order valence-corrected chi connectivity index (χ3v) is 4.05. The van der Waals surface area contributed by atoms with Crippen molar-refractivity contribution in [3.63, 3.8) is 0 Å². The minimum atomic E-state index is -0.0414. The number of nitrogens with zero attached hydrogens (tertiary/aromatic N) is 1. The highest BCUT2D eigenvalue weighted by Crippen LogP contribution is 2.27. The minimum Gasteiger partial charge on any atom is -0.383 e. The van der Waals surface area contributed by atoms with Crippen LogP contribution in [0.1, 0.15) is 24.2 Å². The first-order valence-corrected chi connectivity index (χ1v) is 7.79. The van der Waals surface area contributed by atoms with E-state index in [1.165, 1.54) is 11.1 Å². The largest absolute Gasteiger partial charge is 0.383 e. The summed E-state index contributed by atoms with van der Waals surface area (Å²) in [6.45, 7) is 6.92. The lowest BCUT2D eigenvalue weighted by Gasteiger charge is -2.38. The number of morpholine rings is 1. The molecule has 1 fully saturated rings. The summed E-state index contributed by atoms with van der Waals surface area (Å²) >= 11 is 0. The normalized spacial score (nSPS) is 21.9. The Morgan fingerprint density at radius 1 is 1.45 bits per heavy atom. The summed E-state index contributed by atoms with van der Waals surface area (Å²) in [6, 6.07) is 8.30. The molecule has 1 saturated heterocycles. The number of benzene rings is 1. The van der Waals surface area contributed by atoms with Crippen molar-refractivity contribution in [1.82, 2.24) is 10.2 Å². The van der Waals surface area contributed by atoms with E-state index in [9.17, 15) is 4.79 Å². The number of rotatable bonds is 6. The molecule has 1 N–H and O–H groups in total. The molecule has 0 radical (unpaired) electrons. The predicted octanol–water partition coefficient (Wildman–Crippen LogP) is 1.52. The van der Waals surface area contributed by atoms with Crippen LogP contribution in [0.5, 0.6) is 0 Å². The van der Waals surface area contributed by atoms with Crippen molar-refractivity contribution in [1.29, 1.82) is 0 Å². The molecule has 1 aliphatic heterocycles. The second kappa shape index (κ2) is 8.27. The molecule has 1 amide bonds. The predicted molar refractivity (Wildman–Crippen MR) is 85.8 cm³/mol. The molecule has 122 valence electrons. The molecule has 0 bridgehead atoms. The molecule has 0 spiro atoms. The molecule has 1 aromatic carbocycles. The third-order valence-electron chi connectivity index (χ3n) is 4.05. The van der Waals surface area contributed by atoms with Crippen molar-refractivity contribution >= 4 is 5.91 Å². The molecule has 2 rings (SSSR count). The quantitative estimate of drug-likeness (QED) is 0.810.